The lowest BCUT2D eigenvalue weighted by atomic mass is 10.0. The first-order valence-electron chi connectivity index (χ1n) is 10.3. The highest BCUT2D eigenvalue weighted by atomic mass is 32.2. The van der Waals surface area contributed by atoms with Crippen LogP contribution in [0.15, 0.2) is 35.2 Å². The van der Waals surface area contributed by atoms with Crippen LogP contribution < -0.4 is 9.64 Å². The summed E-state index contributed by atoms with van der Waals surface area (Å²) in [6.07, 6.45) is 0.920. The second-order valence-electron chi connectivity index (χ2n) is 7.91. The van der Waals surface area contributed by atoms with Gasteiger partial charge in [0.05, 0.1) is 11.5 Å². The lowest BCUT2D eigenvalue weighted by molar-refractivity contribution is 0.315. The van der Waals surface area contributed by atoms with E-state index in [1.165, 1.54) is 22.4 Å². The molecule has 0 aromatic heterocycles. The number of sulfonamides is 1. The van der Waals surface area contributed by atoms with Gasteiger partial charge >= 0.3 is 0 Å². The zero-order valence-corrected chi connectivity index (χ0v) is 19.0. The Hall–Kier alpha value is -2.05. The molecule has 0 saturated carbocycles. The Bertz CT molecular complexity index is 955. The number of hydrogen-bond donors (Lipinski definition) is 0. The van der Waals surface area contributed by atoms with Crippen LogP contribution in [0.5, 0.6) is 5.75 Å². The predicted octanol–water partition coefficient (Wildman–Crippen LogP) is 4.22. The monoisotopic (exact) mass is 416 g/mol. The Balaban J connectivity index is 1.74. The number of rotatable bonds is 6. The molecule has 0 N–H and O–H groups in total. The van der Waals surface area contributed by atoms with Crippen LogP contribution in [0.4, 0.5) is 5.69 Å². The molecule has 29 heavy (non-hydrogen) atoms. The minimum absolute atomic E-state index is 0.343. The van der Waals surface area contributed by atoms with Gasteiger partial charge in [0.1, 0.15) is 5.75 Å². The number of aryl methyl sites for hydroxylation is 4. The number of benzene rings is 2. The van der Waals surface area contributed by atoms with Crippen molar-refractivity contribution in [2.75, 3.05) is 37.7 Å². The van der Waals surface area contributed by atoms with E-state index in [2.05, 4.69) is 37.8 Å². The van der Waals surface area contributed by atoms with Crippen molar-refractivity contribution in [2.45, 2.75) is 45.9 Å². The third kappa shape index (κ3) is 4.59. The Labute approximate surface area is 175 Å². The summed E-state index contributed by atoms with van der Waals surface area (Å²) in [5.74, 6) is 0.751. The van der Waals surface area contributed by atoms with Crippen LogP contribution >= 0.6 is 0 Å². The van der Waals surface area contributed by atoms with Crippen molar-refractivity contribution in [1.29, 1.82) is 0 Å². The molecule has 1 aliphatic rings. The topological polar surface area (TPSA) is 49.9 Å². The van der Waals surface area contributed by atoms with Crippen molar-refractivity contribution >= 4 is 15.7 Å². The van der Waals surface area contributed by atoms with Gasteiger partial charge in [0.2, 0.25) is 10.0 Å². The molecule has 158 valence electrons. The van der Waals surface area contributed by atoms with E-state index in [1.54, 1.807) is 22.5 Å². The Kier molecular flexibility index (Phi) is 6.54. The second kappa shape index (κ2) is 8.76. The Morgan fingerprint density at radius 1 is 0.897 bits per heavy atom. The largest absolute Gasteiger partial charge is 0.493 e. The summed E-state index contributed by atoms with van der Waals surface area (Å²) < 4.78 is 33.6. The number of hydrogen-bond acceptors (Lipinski definition) is 4. The van der Waals surface area contributed by atoms with E-state index in [0.717, 1.165) is 17.7 Å². The Morgan fingerprint density at radius 3 is 2.07 bits per heavy atom. The fraction of sp³-hybridized carbons (Fsp3) is 0.478. The molecule has 0 amide bonds. The zero-order valence-electron chi connectivity index (χ0n) is 18.2. The molecule has 1 heterocycles. The highest BCUT2D eigenvalue weighted by molar-refractivity contribution is 7.89. The second-order valence-corrected chi connectivity index (χ2v) is 9.85. The van der Waals surface area contributed by atoms with Gasteiger partial charge in [-0.3, -0.25) is 0 Å². The van der Waals surface area contributed by atoms with E-state index in [9.17, 15) is 8.42 Å². The number of ether oxygens (including phenoxy) is 1. The molecule has 0 unspecified atom stereocenters. The molecule has 3 rings (SSSR count). The lowest BCUT2D eigenvalue weighted by Gasteiger charge is -2.37. The lowest BCUT2D eigenvalue weighted by Crippen LogP contribution is -2.49. The zero-order chi connectivity index (χ0) is 21.2. The van der Waals surface area contributed by atoms with Gasteiger partial charge in [-0.2, -0.15) is 4.31 Å². The van der Waals surface area contributed by atoms with Crippen LogP contribution in [0.1, 0.15) is 35.6 Å². The van der Waals surface area contributed by atoms with E-state index in [4.69, 9.17) is 4.74 Å². The number of nitrogens with zero attached hydrogens (tertiary/aromatic N) is 2. The molecular weight excluding hydrogens is 384 g/mol. The number of piperazine rings is 1. The first kappa shape index (κ1) is 21.7. The van der Waals surface area contributed by atoms with Gasteiger partial charge in [0.15, 0.2) is 0 Å². The van der Waals surface area contributed by atoms with Crippen LogP contribution in [-0.4, -0.2) is 45.5 Å². The molecule has 0 radical (unpaired) electrons. The average molecular weight is 417 g/mol. The van der Waals surface area contributed by atoms with Crippen LogP contribution in [0.3, 0.4) is 0 Å². The summed E-state index contributed by atoms with van der Waals surface area (Å²) >= 11 is 0. The summed E-state index contributed by atoms with van der Waals surface area (Å²) in [5.41, 5.74) is 5.84. The van der Waals surface area contributed by atoms with Crippen LogP contribution in [0.25, 0.3) is 0 Å². The van der Waals surface area contributed by atoms with Crippen molar-refractivity contribution in [1.82, 2.24) is 4.31 Å². The fourth-order valence-electron chi connectivity index (χ4n) is 4.13. The van der Waals surface area contributed by atoms with Crippen molar-refractivity contribution < 1.29 is 13.2 Å². The third-order valence-corrected chi connectivity index (χ3v) is 7.33. The van der Waals surface area contributed by atoms with E-state index in [1.807, 2.05) is 13.8 Å². The third-order valence-electron chi connectivity index (χ3n) is 5.44. The quantitative estimate of drug-likeness (QED) is 0.707. The maximum atomic E-state index is 13.2. The van der Waals surface area contributed by atoms with Crippen LogP contribution in [-0.2, 0) is 10.0 Å². The van der Waals surface area contributed by atoms with Crippen LogP contribution in [0.2, 0.25) is 0 Å². The minimum atomic E-state index is -3.50. The minimum Gasteiger partial charge on any atom is -0.493 e. The maximum Gasteiger partial charge on any atom is 0.243 e. The van der Waals surface area contributed by atoms with Gasteiger partial charge in [0, 0.05) is 31.9 Å². The van der Waals surface area contributed by atoms with Crippen molar-refractivity contribution in [3.05, 3.63) is 52.6 Å². The molecule has 1 fully saturated rings. The van der Waals surface area contributed by atoms with E-state index < -0.39 is 10.0 Å². The van der Waals surface area contributed by atoms with Crippen molar-refractivity contribution in [3.8, 4) is 5.75 Å². The first-order chi connectivity index (χ1) is 13.7. The standard InChI is InChI=1S/C23H32N2O3S/c1-6-13-28-22-8-7-21(16-18(22)3)29(26,27)25-11-9-24(10-12-25)23-19(4)14-17(2)15-20(23)5/h7-8,14-16H,6,9-13H2,1-5H3. The smallest absolute Gasteiger partial charge is 0.243 e. The molecule has 5 nitrogen and oxygen atoms in total. The fourth-order valence-corrected chi connectivity index (χ4v) is 5.64. The number of anilines is 1. The van der Waals surface area contributed by atoms with E-state index >= 15 is 0 Å². The van der Waals surface area contributed by atoms with Gasteiger partial charge in [-0.1, -0.05) is 24.6 Å². The van der Waals surface area contributed by atoms with E-state index in [-0.39, 0.29) is 0 Å². The molecule has 2 aromatic rings. The molecule has 0 bridgehead atoms. The maximum absolute atomic E-state index is 13.2. The highest BCUT2D eigenvalue weighted by Gasteiger charge is 2.29. The average Bonchev–Trinajstić information content (AvgIpc) is 2.66. The van der Waals surface area contributed by atoms with Gasteiger partial charge in [-0.05, 0) is 69.0 Å². The SMILES string of the molecule is CCCOc1ccc(S(=O)(=O)N2CCN(c3c(C)cc(C)cc3C)CC2)cc1C. The molecular formula is C23H32N2O3S. The molecule has 1 saturated heterocycles. The summed E-state index contributed by atoms with van der Waals surface area (Å²) in [6, 6.07) is 9.54. The van der Waals surface area contributed by atoms with Gasteiger partial charge < -0.3 is 9.64 Å². The molecule has 1 aliphatic heterocycles. The van der Waals surface area contributed by atoms with Crippen molar-refractivity contribution in [3.63, 3.8) is 0 Å². The highest BCUT2D eigenvalue weighted by Crippen LogP contribution is 2.29. The molecule has 0 spiro atoms. The van der Waals surface area contributed by atoms with Crippen molar-refractivity contribution in [2.24, 2.45) is 0 Å². The van der Waals surface area contributed by atoms with Gasteiger partial charge in [-0.25, -0.2) is 8.42 Å². The predicted molar refractivity (Wildman–Crippen MR) is 119 cm³/mol. The molecule has 0 aliphatic carbocycles. The normalized spacial score (nSPS) is 15.6. The molecule has 0 atom stereocenters. The molecule has 2 aromatic carbocycles. The summed E-state index contributed by atoms with van der Waals surface area (Å²) in [5, 5.41) is 0. The Morgan fingerprint density at radius 2 is 1.52 bits per heavy atom. The van der Waals surface area contributed by atoms with Gasteiger partial charge in [-0.15, -0.1) is 0 Å². The van der Waals surface area contributed by atoms with Gasteiger partial charge in [0.25, 0.3) is 0 Å². The summed E-state index contributed by atoms with van der Waals surface area (Å²) in [7, 11) is -3.50. The molecule has 6 heteroatoms. The van der Waals surface area contributed by atoms with E-state index in [0.29, 0.717) is 37.7 Å². The summed E-state index contributed by atoms with van der Waals surface area (Å²) in [6.45, 7) is 13.3. The summed E-state index contributed by atoms with van der Waals surface area (Å²) in [4.78, 5) is 2.65. The van der Waals surface area contributed by atoms with Crippen LogP contribution in [0, 0.1) is 27.7 Å². The first-order valence-corrected chi connectivity index (χ1v) is 11.7.